The first-order valence-corrected chi connectivity index (χ1v) is 12.0. The molecule has 1 heterocycles. The average molecular weight is 501 g/mol. The van der Waals surface area contributed by atoms with Crippen LogP contribution in [0.4, 0.5) is 11.4 Å². The van der Waals surface area contributed by atoms with Gasteiger partial charge in [0.1, 0.15) is 0 Å². The Morgan fingerprint density at radius 2 is 1.62 bits per heavy atom. The van der Waals surface area contributed by atoms with Crippen molar-refractivity contribution < 1.29 is 14.6 Å². The fourth-order valence-corrected chi connectivity index (χ4v) is 4.45. The fraction of sp³-hybridized carbons (Fsp3) is 0.250. The monoisotopic (exact) mass is 500 g/mol. The van der Waals surface area contributed by atoms with Crippen LogP contribution in [-0.2, 0) is 11.3 Å². The van der Waals surface area contributed by atoms with Crippen molar-refractivity contribution in [2.75, 3.05) is 6.54 Å². The molecule has 0 saturated carbocycles. The summed E-state index contributed by atoms with van der Waals surface area (Å²) in [6, 6.07) is 20.7. The van der Waals surface area contributed by atoms with Gasteiger partial charge < -0.3 is 9.88 Å². The molecule has 9 heteroatoms. The topological polar surface area (TPSA) is 120 Å². The van der Waals surface area contributed by atoms with Gasteiger partial charge in [0.25, 0.3) is 11.4 Å². The van der Waals surface area contributed by atoms with Crippen molar-refractivity contribution in [3.8, 4) is 0 Å². The van der Waals surface area contributed by atoms with Crippen molar-refractivity contribution in [1.29, 1.82) is 0 Å². The smallest absolute Gasteiger partial charge is 0.270 e. The summed E-state index contributed by atoms with van der Waals surface area (Å²) < 4.78 is 2.00. The summed E-state index contributed by atoms with van der Waals surface area (Å²) in [6.45, 7) is 5.02. The molecule has 37 heavy (non-hydrogen) atoms. The van der Waals surface area contributed by atoms with Crippen molar-refractivity contribution in [3.63, 3.8) is 0 Å². The number of rotatable bonds is 10. The molecule has 1 amide bonds. The Balaban J connectivity index is 1.87. The first-order chi connectivity index (χ1) is 17.7. The van der Waals surface area contributed by atoms with E-state index in [-0.39, 0.29) is 29.6 Å². The Morgan fingerprint density at radius 3 is 2.30 bits per heavy atom. The van der Waals surface area contributed by atoms with E-state index in [2.05, 4.69) is 5.32 Å². The second-order valence-corrected chi connectivity index (χ2v) is 9.46. The fourth-order valence-electron chi connectivity index (χ4n) is 4.45. The van der Waals surface area contributed by atoms with Gasteiger partial charge >= 0.3 is 0 Å². The quantitative estimate of drug-likeness (QED) is 0.218. The minimum absolute atomic E-state index is 0.0427. The molecule has 0 radical (unpaired) electrons. The predicted molar refractivity (Wildman–Crippen MR) is 142 cm³/mol. The number of carbonyl (C=O) groups excluding carboxylic acids is 1. The number of carbonyl (C=O) groups is 1. The summed E-state index contributed by atoms with van der Waals surface area (Å²) in [5, 5.41) is 26.7. The molecule has 3 aromatic carbocycles. The van der Waals surface area contributed by atoms with E-state index < -0.39 is 15.8 Å². The number of hydrogen-bond donors (Lipinski definition) is 1. The highest BCUT2D eigenvalue weighted by Gasteiger charge is 2.25. The lowest BCUT2D eigenvalue weighted by Crippen LogP contribution is -2.28. The third-order valence-corrected chi connectivity index (χ3v) is 6.26. The molecule has 4 rings (SSSR count). The van der Waals surface area contributed by atoms with E-state index in [1.54, 1.807) is 18.2 Å². The minimum atomic E-state index is -0.548. The molecule has 190 valence electrons. The van der Waals surface area contributed by atoms with Crippen LogP contribution in [0.15, 0.2) is 79.0 Å². The lowest BCUT2D eigenvalue weighted by atomic mass is 9.87. The molecule has 4 aromatic rings. The maximum absolute atomic E-state index is 13.0. The van der Waals surface area contributed by atoms with Crippen molar-refractivity contribution in [2.45, 2.75) is 32.7 Å². The van der Waals surface area contributed by atoms with E-state index in [1.807, 2.05) is 54.9 Å². The van der Waals surface area contributed by atoms with Crippen LogP contribution in [0.5, 0.6) is 0 Å². The molecule has 1 unspecified atom stereocenters. The van der Waals surface area contributed by atoms with E-state index in [0.29, 0.717) is 29.6 Å². The van der Waals surface area contributed by atoms with Crippen LogP contribution >= 0.6 is 0 Å². The van der Waals surface area contributed by atoms with Gasteiger partial charge in [-0.1, -0.05) is 56.3 Å². The van der Waals surface area contributed by atoms with E-state index in [1.165, 1.54) is 24.3 Å². The number of non-ortho nitro benzene ring substituents is 2. The molecule has 1 atom stereocenters. The summed E-state index contributed by atoms with van der Waals surface area (Å²) in [6.07, 6.45) is 1.95. The Kier molecular flexibility index (Phi) is 7.62. The van der Waals surface area contributed by atoms with Gasteiger partial charge in [-0.15, -0.1) is 0 Å². The molecule has 0 bridgehead atoms. The molecule has 0 aliphatic carbocycles. The molecule has 0 aliphatic heterocycles. The third kappa shape index (κ3) is 6.00. The van der Waals surface area contributed by atoms with Crippen LogP contribution in [-0.4, -0.2) is 26.9 Å². The maximum atomic E-state index is 13.0. The van der Waals surface area contributed by atoms with Crippen molar-refractivity contribution in [1.82, 2.24) is 9.88 Å². The number of nitrogens with zero attached hydrogens (tertiary/aromatic N) is 3. The SMILES string of the molecule is CC(C)CNC(=O)CC(c1cccc([N+](=O)[O-])c1)c1cn(Cc2ccccc2)c2ccc([N+](=O)[O-])cc12. The molecule has 1 N–H and O–H groups in total. The zero-order valence-corrected chi connectivity index (χ0v) is 20.7. The number of fused-ring (bicyclic) bond motifs is 1. The van der Waals surface area contributed by atoms with Gasteiger partial charge in [0.2, 0.25) is 5.91 Å². The summed E-state index contributed by atoms with van der Waals surface area (Å²) in [5.74, 6) is -0.483. The van der Waals surface area contributed by atoms with Crippen LogP contribution in [0.25, 0.3) is 10.9 Å². The second kappa shape index (κ2) is 11.0. The van der Waals surface area contributed by atoms with Gasteiger partial charge in [-0.2, -0.15) is 0 Å². The highest BCUT2D eigenvalue weighted by molar-refractivity contribution is 5.88. The number of nitrogens with one attached hydrogen (secondary N) is 1. The number of hydrogen-bond acceptors (Lipinski definition) is 5. The van der Waals surface area contributed by atoms with Gasteiger partial charge in [0, 0.05) is 66.8 Å². The zero-order chi connectivity index (χ0) is 26.5. The van der Waals surface area contributed by atoms with Crippen LogP contribution in [0.3, 0.4) is 0 Å². The Bertz CT molecular complexity index is 1450. The summed E-state index contributed by atoms with van der Waals surface area (Å²) in [5.41, 5.74) is 2.99. The molecule has 0 spiro atoms. The number of nitro groups is 2. The number of amides is 1. The normalized spacial score (nSPS) is 12.0. The summed E-state index contributed by atoms with van der Waals surface area (Å²) in [4.78, 5) is 35.2. The largest absolute Gasteiger partial charge is 0.356 e. The Morgan fingerprint density at radius 1 is 0.919 bits per heavy atom. The first kappa shape index (κ1) is 25.6. The van der Waals surface area contributed by atoms with E-state index >= 15 is 0 Å². The van der Waals surface area contributed by atoms with E-state index in [0.717, 1.165) is 11.1 Å². The third-order valence-electron chi connectivity index (χ3n) is 6.26. The molecular weight excluding hydrogens is 472 g/mol. The molecule has 0 aliphatic rings. The lowest BCUT2D eigenvalue weighted by Gasteiger charge is -2.18. The standard InChI is InChI=1S/C28H28N4O5/c1-19(2)16-29-28(33)15-24(21-9-6-10-22(13-21)31(34)35)26-18-30(17-20-7-4-3-5-8-20)27-12-11-23(32(36)37)14-25(26)27/h3-14,18-19,24H,15-17H2,1-2H3,(H,29,33). The van der Waals surface area contributed by atoms with Crippen LogP contribution in [0.1, 0.15) is 42.9 Å². The summed E-state index contributed by atoms with van der Waals surface area (Å²) in [7, 11) is 0. The minimum Gasteiger partial charge on any atom is -0.356 e. The summed E-state index contributed by atoms with van der Waals surface area (Å²) >= 11 is 0. The highest BCUT2D eigenvalue weighted by Crippen LogP contribution is 2.37. The van der Waals surface area contributed by atoms with E-state index in [9.17, 15) is 25.0 Å². The predicted octanol–water partition coefficient (Wildman–Crippen LogP) is 5.80. The molecule has 9 nitrogen and oxygen atoms in total. The van der Waals surface area contributed by atoms with Gasteiger partial charge in [-0.05, 0) is 28.7 Å². The van der Waals surface area contributed by atoms with Gasteiger partial charge in [-0.3, -0.25) is 25.0 Å². The van der Waals surface area contributed by atoms with Gasteiger partial charge in [0.05, 0.1) is 9.85 Å². The average Bonchev–Trinajstić information content (AvgIpc) is 3.23. The van der Waals surface area contributed by atoms with Crippen LogP contribution < -0.4 is 5.32 Å². The van der Waals surface area contributed by atoms with Crippen molar-refractivity contribution >= 4 is 28.2 Å². The van der Waals surface area contributed by atoms with Crippen LogP contribution in [0, 0.1) is 26.1 Å². The number of aromatic nitrogens is 1. The van der Waals surface area contributed by atoms with E-state index in [4.69, 9.17) is 0 Å². The number of benzene rings is 3. The van der Waals surface area contributed by atoms with Gasteiger partial charge in [0.15, 0.2) is 0 Å². The molecule has 0 fully saturated rings. The van der Waals surface area contributed by atoms with Gasteiger partial charge in [-0.25, -0.2) is 0 Å². The number of nitro benzene ring substituents is 2. The highest BCUT2D eigenvalue weighted by atomic mass is 16.6. The zero-order valence-electron chi connectivity index (χ0n) is 20.7. The molecular formula is C28H28N4O5. The Hall–Kier alpha value is -4.53. The molecule has 0 saturated heterocycles. The van der Waals surface area contributed by atoms with Crippen LogP contribution in [0.2, 0.25) is 0 Å². The second-order valence-electron chi connectivity index (χ2n) is 9.46. The first-order valence-electron chi connectivity index (χ1n) is 12.0. The molecule has 1 aromatic heterocycles. The van der Waals surface area contributed by atoms with Crippen molar-refractivity contribution in [2.24, 2.45) is 5.92 Å². The lowest BCUT2D eigenvalue weighted by molar-refractivity contribution is -0.385. The van der Waals surface area contributed by atoms with Crippen molar-refractivity contribution in [3.05, 3.63) is 116 Å². The maximum Gasteiger partial charge on any atom is 0.270 e. The Labute approximate surface area is 214 Å².